The Kier molecular flexibility index (Phi) is 3.38. The molecule has 1 rings (SSSR count). The molecular formula is C10H5ClF3N. The molecule has 0 aliphatic rings. The van der Waals surface area contributed by atoms with Crippen LogP contribution in [0.15, 0.2) is 30.3 Å². The topological polar surface area (TPSA) is 23.8 Å². The van der Waals surface area contributed by atoms with Crippen LogP contribution in [-0.2, 0) is 6.18 Å². The molecule has 0 bridgehead atoms. The van der Waals surface area contributed by atoms with Gasteiger partial charge in [0.15, 0.2) is 0 Å². The number of alkyl halides is 3. The van der Waals surface area contributed by atoms with Crippen LogP contribution < -0.4 is 0 Å². The first-order chi connectivity index (χ1) is 6.95. The molecule has 0 fully saturated rings. The third kappa shape index (κ3) is 3.00. The number of halogens is 4. The van der Waals surface area contributed by atoms with Gasteiger partial charge in [-0.05, 0) is 17.7 Å². The second-order valence-corrected chi connectivity index (χ2v) is 3.11. The van der Waals surface area contributed by atoms with Gasteiger partial charge in [-0.2, -0.15) is 18.4 Å². The van der Waals surface area contributed by atoms with E-state index in [-0.39, 0.29) is 10.6 Å². The molecule has 0 atom stereocenters. The zero-order valence-corrected chi connectivity index (χ0v) is 8.10. The van der Waals surface area contributed by atoms with Crippen LogP contribution in [0.5, 0.6) is 0 Å². The third-order valence-electron chi connectivity index (χ3n) is 1.66. The number of nitriles is 1. The van der Waals surface area contributed by atoms with Crippen molar-refractivity contribution in [2.45, 2.75) is 6.18 Å². The predicted octanol–water partition coefficient (Wildman–Crippen LogP) is 3.81. The first-order valence-electron chi connectivity index (χ1n) is 3.88. The normalized spacial score (nSPS) is 12.3. The van der Waals surface area contributed by atoms with E-state index in [0.717, 1.165) is 18.2 Å². The number of allylic oxidation sites excluding steroid dienone is 1. The fourth-order valence-corrected chi connectivity index (χ4v) is 1.15. The first-order valence-corrected chi connectivity index (χ1v) is 4.26. The lowest BCUT2D eigenvalue weighted by atomic mass is 10.1. The van der Waals surface area contributed by atoms with Crippen molar-refractivity contribution in [2.75, 3.05) is 0 Å². The average Bonchev–Trinajstić information content (AvgIpc) is 2.17. The van der Waals surface area contributed by atoms with E-state index in [1.807, 2.05) is 0 Å². The SMILES string of the molecule is N#CC=C(Cl)c1cccc(C(F)(F)F)c1. The molecular weight excluding hydrogens is 227 g/mol. The molecule has 0 saturated carbocycles. The van der Waals surface area contributed by atoms with Gasteiger partial charge >= 0.3 is 6.18 Å². The summed E-state index contributed by atoms with van der Waals surface area (Å²) in [5.74, 6) is 0. The summed E-state index contributed by atoms with van der Waals surface area (Å²) < 4.78 is 36.9. The van der Waals surface area contributed by atoms with Crippen molar-refractivity contribution >= 4 is 16.6 Å². The van der Waals surface area contributed by atoms with Crippen LogP contribution in [0.3, 0.4) is 0 Å². The fourth-order valence-electron chi connectivity index (χ4n) is 0.984. The summed E-state index contributed by atoms with van der Waals surface area (Å²) in [6.07, 6.45) is -3.42. The lowest BCUT2D eigenvalue weighted by molar-refractivity contribution is -0.137. The lowest BCUT2D eigenvalue weighted by Crippen LogP contribution is -2.04. The number of nitrogens with zero attached hydrogens (tertiary/aromatic N) is 1. The molecule has 0 spiro atoms. The Hall–Kier alpha value is -1.47. The maximum Gasteiger partial charge on any atom is 0.416 e. The largest absolute Gasteiger partial charge is 0.416 e. The summed E-state index contributed by atoms with van der Waals surface area (Å²) in [6.45, 7) is 0. The van der Waals surface area contributed by atoms with Crippen molar-refractivity contribution in [1.82, 2.24) is 0 Å². The van der Waals surface area contributed by atoms with Crippen molar-refractivity contribution in [3.63, 3.8) is 0 Å². The Morgan fingerprint density at radius 2 is 2.07 bits per heavy atom. The summed E-state index contributed by atoms with van der Waals surface area (Å²) in [5, 5.41) is 8.28. The van der Waals surface area contributed by atoms with Crippen LogP contribution in [0.25, 0.3) is 5.03 Å². The lowest BCUT2D eigenvalue weighted by Gasteiger charge is -2.07. The fraction of sp³-hybridized carbons (Fsp3) is 0.100. The highest BCUT2D eigenvalue weighted by molar-refractivity contribution is 6.49. The molecule has 78 valence electrons. The summed E-state index contributed by atoms with van der Waals surface area (Å²) in [7, 11) is 0. The Morgan fingerprint density at radius 1 is 1.40 bits per heavy atom. The van der Waals surface area contributed by atoms with E-state index in [4.69, 9.17) is 16.9 Å². The maximum atomic E-state index is 12.3. The van der Waals surface area contributed by atoms with Crippen LogP contribution >= 0.6 is 11.6 Å². The Morgan fingerprint density at radius 3 is 2.60 bits per heavy atom. The molecule has 1 aromatic rings. The van der Waals surface area contributed by atoms with Crippen LogP contribution in [0, 0.1) is 11.3 Å². The van der Waals surface area contributed by atoms with Crippen LogP contribution in [0.2, 0.25) is 0 Å². The highest BCUT2D eigenvalue weighted by Crippen LogP contribution is 2.31. The second-order valence-electron chi connectivity index (χ2n) is 2.70. The van der Waals surface area contributed by atoms with Crippen LogP contribution in [0.1, 0.15) is 11.1 Å². The summed E-state index contributed by atoms with van der Waals surface area (Å²) in [6, 6.07) is 6.14. The maximum absolute atomic E-state index is 12.3. The van der Waals surface area contributed by atoms with Gasteiger partial charge in [-0.25, -0.2) is 0 Å². The van der Waals surface area contributed by atoms with Gasteiger partial charge in [0.2, 0.25) is 0 Å². The molecule has 15 heavy (non-hydrogen) atoms. The molecule has 5 heteroatoms. The van der Waals surface area contributed by atoms with Gasteiger partial charge in [0.25, 0.3) is 0 Å². The molecule has 0 aliphatic heterocycles. The molecule has 0 aliphatic carbocycles. The Bertz CT molecular complexity index is 429. The molecule has 0 N–H and O–H groups in total. The van der Waals surface area contributed by atoms with Crippen molar-refractivity contribution < 1.29 is 13.2 Å². The van der Waals surface area contributed by atoms with E-state index in [0.29, 0.717) is 0 Å². The van der Waals surface area contributed by atoms with Gasteiger partial charge in [-0.3, -0.25) is 0 Å². The minimum absolute atomic E-state index is 0.0106. The number of hydrogen-bond donors (Lipinski definition) is 0. The van der Waals surface area contributed by atoms with Crippen molar-refractivity contribution in [1.29, 1.82) is 5.26 Å². The molecule has 0 unspecified atom stereocenters. The summed E-state index contributed by atoms with van der Waals surface area (Å²) in [4.78, 5) is 0. The predicted molar refractivity (Wildman–Crippen MR) is 50.9 cm³/mol. The monoisotopic (exact) mass is 231 g/mol. The minimum atomic E-state index is -4.40. The first kappa shape index (κ1) is 11.6. The molecule has 0 aromatic heterocycles. The third-order valence-corrected chi connectivity index (χ3v) is 1.98. The highest BCUT2D eigenvalue weighted by Gasteiger charge is 2.30. The van der Waals surface area contributed by atoms with E-state index in [1.54, 1.807) is 6.07 Å². The Balaban J connectivity index is 3.15. The van der Waals surface area contributed by atoms with Gasteiger partial charge in [0.1, 0.15) is 0 Å². The number of rotatable bonds is 1. The number of benzene rings is 1. The Labute approximate surface area is 89.4 Å². The van der Waals surface area contributed by atoms with Gasteiger partial charge in [0, 0.05) is 6.08 Å². The quantitative estimate of drug-likeness (QED) is 0.675. The average molecular weight is 232 g/mol. The van der Waals surface area contributed by atoms with Gasteiger partial charge < -0.3 is 0 Å². The summed E-state index contributed by atoms with van der Waals surface area (Å²) in [5.41, 5.74) is -0.613. The molecule has 0 heterocycles. The van der Waals surface area contributed by atoms with Crippen molar-refractivity contribution in [3.8, 4) is 6.07 Å². The van der Waals surface area contributed by atoms with E-state index in [2.05, 4.69) is 0 Å². The zero-order valence-electron chi connectivity index (χ0n) is 7.35. The van der Waals surface area contributed by atoms with Crippen LogP contribution in [0.4, 0.5) is 13.2 Å². The molecule has 1 nitrogen and oxygen atoms in total. The van der Waals surface area contributed by atoms with E-state index in [9.17, 15) is 13.2 Å². The van der Waals surface area contributed by atoms with E-state index < -0.39 is 11.7 Å². The molecule has 0 amide bonds. The second kappa shape index (κ2) is 4.37. The minimum Gasteiger partial charge on any atom is -0.193 e. The molecule has 1 aromatic carbocycles. The van der Waals surface area contributed by atoms with Gasteiger partial charge in [-0.1, -0.05) is 23.7 Å². The number of hydrogen-bond acceptors (Lipinski definition) is 1. The van der Waals surface area contributed by atoms with Gasteiger partial charge in [0.05, 0.1) is 16.7 Å². The van der Waals surface area contributed by atoms with E-state index >= 15 is 0 Å². The zero-order chi connectivity index (χ0) is 11.5. The van der Waals surface area contributed by atoms with Crippen molar-refractivity contribution in [2.24, 2.45) is 0 Å². The molecule has 0 saturated heterocycles. The smallest absolute Gasteiger partial charge is 0.193 e. The highest BCUT2D eigenvalue weighted by atomic mass is 35.5. The van der Waals surface area contributed by atoms with Crippen molar-refractivity contribution in [3.05, 3.63) is 41.5 Å². The standard InChI is InChI=1S/C10H5ClF3N/c11-9(4-5-15)7-2-1-3-8(6-7)10(12,13)14/h1-4,6H. The summed E-state index contributed by atoms with van der Waals surface area (Å²) >= 11 is 5.60. The van der Waals surface area contributed by atoms with E-state index in [1.165, 1.54) is 12.1 Å². The molecule has 0 radical (unpaired) electrons. The van der Waals surface area contributed by atoms with Crippen LogP contribution in [-0.4, -0.2) is 0 Å². The van der Waals surface area contributed by atoms with Gasteiger partial charge in [-0.15, -0.1) is 0 Å².